The van der Waals surface area contributed by atoms with Crippen LogP contribution in [0.5, 0.6) is 0 Å². The van der Waals surface area contributed by atoms with E-state index in [0.717, 1.165) is 30.9 Å². The highest BCUT2D eigenvalue weighted by molar-refractivity contribution is 6.00. The lowest BCUT2D eigenvalue weighted by Gasteiger charge is -2.12. The van der Waals surface area contributed by atoms with E-state index in [1.54, 1.807) is 0 Å². The maximum Gasteiger partial charge on any atom is 0.256 e. The molecule has 2 N–H and O–H groups in total. The first kappa shape index (κ1) is 17.3. The van der Waals surface area contributed by atoms with E-state index in [4.69, 9.17) is 0 Å². The number of benzene rings is 2. The second-order valence-corrected chi connectivity index (χ2v) is 6.81. The Morgan fingerprint density at radius 2 is 1.85 bits per heavy atom. The minimum absolute atomic E-state index is 0.0507. The number of aromatic nitrogens is 2. The molecule has 2 aromatic carbocycles. The van der Waals surface area contributed by atoms with Crippen molar-refractivity contribution >= 4 is 11.7 Å². The monoisotopic (exact) mass is 360 g/mol. The zero-order valence-corrected chi connectivity index (χ0v) is 15.5. The number of anilines is 1. The maximum absolute atomic E-state index is 12.9. The van der Waals surface area contributed by atoms with Gasteiger partial charge in [-0.1, -0.05) is 67.6 Å². The van der Waals surface area contributed by atoms with Crippen molar-refractivity contribution in [2.75, 3.05) is 11.9 Å². The molecule has 0 radical (unpaired) electrons. The number of carbonyl (C=O) groups excluding carboxylic acids is 1. The summed E-state index contributed by atoms with van der Waals surface area (Å²) in [5.74, 6) is 0.781. The van der Waals surface area contributed by atoms with Crippen molar-refractivity contribution < 1.29 is 4.79 Å². The summed E-state index contributed by atoms with van der Waals surface area (Å²) in [7, 11) is 0. The van der Waals surface area contributed by atoms with Crippen molar-refractivity contribution in [2.24, 2.45) is 0 Å². The zero-order valence-electron chi connectivity index (χ0n) is 15.5. The molecule has 5 nitrogen and oxygen atoms in total. The van der Waals surface area contributed by atoms with Crippen LogP contribution in [0.25, 0.3) is 0 Å². The van der Waals surface area contributed by atoms with Crippen LogP contribution < -0.4 is 10.6 Å². The number of hydrogen-bond acceptors (Lipinski definition) is 3. The van der Waals surface area contributed by atoms with Crippen LogP contribution in [0.4, 0.5) is 5.82 Å². The fourth-order valence-electron chi connectivity index (χ4n) is 3.59. The molecule has 3 aromatic rings. The highest BCUT2D eigenvalue weighted by Gasteiger charge is 2.30. The van der Waals surface area contributed by atoms with Crippen LogP contribution in [0.3, 0.4) is 0 Å². The largest absolute Gasteiger partial charge is 0.361 e. The lowest BCUT2D eigenvalue weighted by molar-refractivity contribution is 0.0954. The molecule has 0 bridgehead atoms. The minimum atomic E-state index is -0.0507. The van der Waals surface area contributed by atoms with Gasteiger partial charge in [-0.15, -0.1) is 0 Å². The second-order valence-electron chi connectivity index (χ2n) is 6.81. The molecule has 0 fully saturated rings. The standard InChI is InChI=1S/C22H24N4O/c1-2-18-20(22(27)23-14-13-16-9-5-3-6-10-16)21-24-19(15-26(21)25-18)17-11-7-4-8-12-17/h3-12,19,24H,2,13-15H2,1H3,(H,23,27). The Kier molecular flexibility index (Phi) is 4.92. The molecule has 0 spiro atoms. The van der Waals surface area contributed by atoms with Gasteiger partial charge in [0.25, 0.3) is 5.91 Å². The van der Waals surface area contributed by atoms with Crippen molar-refractivity contribution in [3.8, 4) is 0 Å². The van der Waals surface area contributed by atoms with Crippen LogP contribution in [0.1, 0.15) is 40.1 Å². The SMILES string of the molecule is CCc1nn2c(c1C(=O)NCCc1ccccc1)NC(c1ccccc1)C2. The van der Waals surface area contributed by atoms with Gasteiger partial charge in [-0.2, -0.15) is 5.10 Å². The molecule has 2 heterocycles. The third-order valence-electron chi connectivity index (χ3n) is 5.00. The molecule has 27 heavy (non-hydrogen) atoms. The van der Waals surface area contributed by atoms with Crippen LogP contribution in [0.15, 0.2) is 60.7 Å². The fraction of sp³-hybridized carbons (Fsp3) is 0.273. The highest BCUT2D eigenvalue weighted by atomic mass is 16.1. The number of nitrogens with zero attached hydrogens (tertiary/aromatic N) is 2. The molecule has 1 aliphatic rings. The van der Waals surface area contributed by atoms with Crippen LogP contribution in [0.2, 0.25) is 0 Å². The van der Waals surface area contributed by atoms with Gasteiger partial charge in [0.2, 0.25) is 0 Å². The number of amides is 1. The van der Waals surface area contributed by atoms with Gasteiger partial charge in [-0.05, 0) is 24.0 Å². The minimum Gasteiger partial charge on any atom is -0.361 e. The van der Waals surface area contributed by atoms with E-state index >= 15 is 0 Å². The molecule has 1 aromatic heterocycles. The van der Waals surface area contributed by atoms with E-state index in [0.29, 0.717) is 12.1 Å². The summed E-state index contributed by atoms with van der Waals surface area (Å²) in [6, 6.07) is 20.6. The normalized spacial score (nSPS) is 15.2. The van der Waals surface area contributed by atoms with Gasteiger partial charge in [-0.25, -0.2) is 4.68 Å². The first-order valence-corrected chi connectivity index (χ1v) is 9.49. The number of nitrogens with one attached hydrogen (secondary N) is 2. The van der Waals surface area contributed by atoms with E-state index in [2.05, 4.69) is 40.0 Å². The predicted octanol–water partition coefficient (Wildman–Crippen LogP) is 3.58. The molecule has 138 valence electrons. The van der Waals surface area contributed by atoms with Crippen molar-refractivity contribution in [1.82, 2.24) is 15.1 Å². The molecule has 5 heteroatoms. The third kappa shape index (κ3) is 3.58. The Morgan fingerprint density at radius 3 is 2.56 bits per heavy atom. The number of carbonyl (C=O) groups is 1. The molecule has 1 aliphatic heterocycles. The summed E-state index contributed by atoms with van der Waals surface area (Å²) in [5.41, 5.74) is 3.96. The summed E-state index contributed by atoms with van der Waals surface area (Å²) in [6.45, 7) is 3.38. The van der Waals surface area contributed by atoms with Gasteiger partial charge in [0.15, 0.2) is 0 Å². The molecular formula is C22H24N4O. The molecule has 0 saturated carbocycles. The number of fused-ring (bicyclic) bond motifs is 1. The first-order chi connectivity index (χ1) is 13.3. The van der Waals surface area contributed by atoms with Crippen LogP contribution in [-0.4, -0.2) is 22.2 Å². The van der Waals surface area contributed by atoms with Crippen molar-refractivity contribution in [1.29, 1.82) is 0 Å². The quantitative estimate of drug-likeness (QED) is 0.706. The van der Waals surface area contributed by atoms with E-state index < -0.39 is 0 Å². The second kappa shape index (κ2) is 7.66. The average Bonchev–Trinajstić information content (AvgIpc) is 3.27. The topological polar surface area (TPSA) is 59.0 Å². The number of aryl methyl sites for hydroxylation is 1. The average molecular weight is 360 g/mol. The predicted molar refractivity (Wildman–Crippen MR) is 107 cm³/mol. The van der Waals surface area contributed by atoms with Gasteiger partial charge in [-0.3, -0.25) is 4.79 Å². The summed E-state index contributed by atoms with van der Waals surface area (Å²) in [5, 5.41) is 11.2. The van der Waals surface area contributed by atoms with Crippen LogP contribution >= 0.6 is 0 Å². The number of hydrogen-bond donors (Lipinski definition) is 2. The maximum atomic E-state index is 12.9. The van der Waals surface area contributed by atoms with Crippen LogP contribution in [0, 0.1) is 0 Å². The Labute approximate surface area is 159 Å². The molecule has 0 aliphatic carbocycles. The molecular weight excluding hydrogens is 336 g/mol. The summed E-state index contributed by atoms with van der Waals surface area (Å²) < 4.78 is 1.93. The molecule has 1 unspecified atom stereocenters. The number of rotatable bonds is 6. The van der Waals surface area contributed by atoms with Crippen molar-refractivity contribution in [3.05, 3.63) is 83.0 Å². The summed E-state index contributed by atoms with van der Waals surface area (Å²) in [6.07, 6.45) is 1.55. The van der Waals surface area contributed by atoms with E-state index in [9.17, 15) is 4.79 Å². The summed E-state index contributed by atoms with van der Waals surface area (Å²) in [4.78, 5) is 12.9. The molecule has 0 saturated heterocycles. The Morgan fingerprint density at radius 1 is 1.15 bits per heavy atom. The highest BCUT2D eigenvalue weighted by Crippen LogP contribution is 2.33. The molecule has 4 rings (SSSR count). The first-order valence-electron chi connectivity index (χ1n) is 9.49. The van der Waals surface area contributed by atoms with Crippen molar-refractivity contribution in [3.63, 3.8) is 0 Å². The van der Waals surface area contributed by atoms with Gasteiger partial charge in [0, 0.05) is 6.54 Å². The van der Waals surface area contributed by atoms with Gasteiger partial charge in [0.05, 0.1) is 18.3 Å². The Balaban J connectivity index is 1.47. The molecule has 1 amide bonds. The van der Waals surface area contributed by atoms with Gasteiger partial charge < -0.3 is 10.6 Å². The smallest absolute Gasteiger partial charge is 0.256 e. The van der Waals surface area contributed by atoms with Gasteiger partial charge in [0.1, 0.15) is 11.4 Å². The van der Waals surface area contributed by atoms with Gasteiger partial charge >= 0.3 is 0 Å². The summed E-state index contributed by atoms with van der Waals surface area (Å²) >= 11 is 0. The Hall–Kier alpha value is -3.08. The fourth-order valence-corrected chi connectivity index (χ4v) is 3.59. The van der Waals surface area contributed by atoms with Crippen LogP contribution in [-0.2, 0) is 19.4 Å². The Bertz CT molecular complexity index is 918. The van der Waals surface area contributed by atoms with E-state index in [1.807, 2.05) is 48.0 Å². The zero-order chi connectivity index (χ0) is 18.6. The molecule has 1 atom stereocenters. The van der Waals surface area contributed by atoms with E-state index in [1.165, 1.54) is 11.1 Å². The lowest BCUT2D eigenvalue weighted by Crippen LogP contribution is -2.27. The third-order valence-corrected chi connectivity index (χ3v) is 5.00. The van der Waals surface area contributed by atoms with Crippen molar-refractivity contribution in [2.45, 2.75) is 32.4 Å². The lowest BCUT2D eigenvalue weighted by atomic mass is 10.1. The van der Waals surface area contributed by atoms with E-state index in [-0.39, 0.29) is 11.9 Å².